The van der Waals surface area contributed by atoms with Gasteiger partial charge in [-0.2, -0.15) is 5.10 Å². The van der Waals surface area contributed by atoms with E-state index < -0.39 is 0 Å². The average Bonchev–Trinajstić information content (AvgIpc) is 3.78. The highest BCUT2D eigenvalue weighted by Crippen LogP contribution is 2.33. The van der Waals surface area contributed by atoms with Crippen molar-refractivity contribution in [3.8, 4) is 39.7 Å². The van der Waals surface area contributed by atoms with Crippen LogP contribution in [0.15, 0.2) is 55.1 Å². The number of halogens is 1. The topological polar surface area (TPSA) is 151 Å². The molecule has 0 saturated carbocycles. The quantitative estimate of drug-likeness (QED) is 0.239. The summed E-state index contributed by atoms with van der Waals surface area (Å²) in [6, 6.07) is 8.74. The minimum atomic E-state index is -0.370. The lowest BCUT2D eigenvalue weighted by atomic mass is 10.1. The van der Waals surface area contributed by atoms with Gasteiger partial charge in [0.05, 0.1) is 29.0 Å². The smallest absolute Gasteiger partial charge is 0.181 e. The Morgan fingerprint density at radius 1 is 0.977 bits per heavy atom. The normalized spacial score (nSPS) is 15.8. The van der Waals surface area contributed by atoms with Gasteiger partial charge in [0.1, 0.15) is 29.7 Å². The Morgan fingerprint density at radius 2 is 1.86 bits per heavy atom. The SMILES string of the molecule is NC1CN(c2cncc(-c3cnc4n[nH]c(-c5nc6nccc(-c7cc(F)cc(OCCN8CCCC8)c7)c6[nH]5)c4c3)n2)C1. The van der Waals surface area contributed by atoms with Crippen LogP contribution in [-0.4, -0.2) is 90.4 Å². The predicted octanol–water partition coefficient (Wildman–Crippen LogP) is 3.78. The lowest BCUT2D eigenvalue weighted by Gasteiger charge is -2.37. The molecule has 12 nitrogen and oxygen atoms in total. The van der Waals surface area contributed by atoms with Crippen molar-refractivity contribution in [1.29, 1.82) is 0 Å². The lowest BCUT2D eigenvalue weighted by Crippen LogP contribution is -2.56. The second kappa shape index (κ2) is 10.9. The molecule has 4 N–H and O–H groups in total. The number of hydrogen-bond donors (Lipinski definition) is 3. The van der Waals surface area contributed by atoms with Gasteiger partial charge in [0.25, 0.3) is 0 Å². The molecule has 8 rings (SSSR count). The largest absolute Gasteiger partial charge is 0.492 e. The molecule has 0 amide bonds. The van der Waals surface area contributed by atoms with Crippen LogP contribution in [0.4, 0.5) is 10.2 Å². The average molecular weight is 592 g/mol. The Morgan fingerprint density at radius 3 is 2.73 bits per heavy atom. The van der Waals surface area contributed by atoms with Crippen LogP contribution in [0.1, 0.15) is 12.8 Å². The first-order valence-electron chi connectivity index (χ1n) is 14.8. The molecule has 0 aliphatic carbocycles. The maximum Gasteiger partial charge on any atom is 0.181 e. The van der Waals surface area contributed by atoms with E-state index in [-0.39, 0.29) is 11.9 Å². The standard InChI is InChI=1S/C31H30FN11O/c32-20-9-18(10-22(12-20)44-8-7-42-5-1-2-6-42)23-3-4-35-30-27(23)38-31(39-30)28-24-11-19(13-36-29(24)41-40-28)25-14-34-15-26(37-25)43-16-21(33)17-43/h3-4,9-15,21H,1-2,5-8,16-17,33H2,(H,35,38,39)(H,36,40,41). The molecule has 2 aliphatic heterocycles. The number of rotatable bonds is 8. The van der Waals surface area contributed by atoms with Crippen molar-refractivity contribution in [3.05, 3.63) is 60.9 Å². The number of imidazole rings is 1. The van der Waals surface area contributed by atoms with Gasteiger partial charge in [-0.15, -0.1) is 0 Å². The number of aromatic nitrogens is 8. The van der Waals surface area contributed by atoms with E-state index in [1.165, 1.54) is 25.0 Å². The Hall–Kier alpha value is -5.01. The number of hydrogen-bond acceptors (Lipinski definition) is 10. The minimum Gasteiger partial charge on any atom is -0.492 e. The molecule has 0 bridgehead atoms. The summed E-state index contributed by atoms with van der Waals surface area (Å²) in [6.07, 6.45) is 9.30. The monoisotopic (exact) mass is 591 g/mol. The Balaban J connectivity index is 1.11. The van der Waals surface area contributed by atoms with Crippen molar-refractivity contribution < 1.29 is 9.13 Å². The minimum absolute atomic E-state index is 0.159. The first kappa shape index (κ1) is 26.6. The summed E-state index contributed by atoms with van der Waals surface area (Å²) in [7, 11) is 0. The lowest BCUT2D eigenvalue weighted by molar-refractivity contribution is 0.237. The third-order valence-electron chi connectivity index (χ3n) is 8.25. The van der Waals surface area contributed by atoms with Crippen LogP contribution in [0.5, 0.6) is 5.75 Å². The fourth-order valence-corrected chi connectivity index (χ4v) is 5.94. The molecule has 2 saturated heterocycles. The van der Waals surface area contributed by atoms with E-state index >= 15 is 0 Å². The summed E-state index contributed by atoms with van der Waals surface area (Å²) < 4.78 is 20.7. The molecule has 1 aromatic carbocycles. The van der Waals surface area contributed by atoms with Crippen molar-refractivity contribution in [2.75, 3.05) is 44.2 Å². The van der Waals surface area contributed by atoms with Gasteiger partial charge in [0.2, 0.25) is 0 Å². The van der Waals surface area contributed by atoms with Gasteiger partial charge in [-0.25, -0.2) is 24.3 Å². The van der Waals surface area contributed by atoms with Gasteiger partial charge in [0, 0.05) is 55.3 Å². The number of ether oxygens (including phenoxy) is 1. The molecule has 0 atom stereocenters. The van der Waals surface area contributed by atoms with Crippen LogP contribution in [0.25, 0.3) is 56.1 Å². The first-order valence-corrected chi connectivity index (χ1v) is 14.8. The number of H-pyrrole nitrogens is 2. The van der Waals surface area contributed by atoms with Gasteiger partial charge in [-0.3, -0.25) is 15.0 Å². The van der Waals surface area contributed by atoms with Gasteiger partial charge >= 0.3 is 0 Å². The number of benzene rings is 1. The number of nitrogens with two attached hydrogens (primary N) is 1. The fraction of sp³-hybridized carbons (Fsp3) is 0.290. The molecule has 0 unspecified atom stereocenters. The number of aromatic amines is 2. The molecule has 2 aliphatic rings. The molecule has 5 aromatic heterocycles. The molecule has 44 heavy (non-hydrogen) atoms. The van der Waals surface area contributed by atoms with E-state index in [0.29, 0.717) is 51.9 Å². The van der Waals surface area contributed by atoms with Crippen LogP contribution < -0.4 is 15.4 Å². The van der Waals surface area contributed by atoms with Crippen molar-refractivity contribution in [2.45, 2.75) is 18.9 Å². The van der Waals surface area contributed by atoms with Gasteiger partial charge < -0.3 is 20.4 Å². The van der Waals surface area contributed by atoms with E-state index in [4.69, 9.17) is 20.4 Å². The summed E-state index contributed by atoms with van der Waals surface area (Å²) >= 11 is 0. The van der Waals surface area contributed by atoms with E-state index in [1.54, 1.807) is 24.8 Å². The summed E-state index contributed by atoms with van der Waals surface area (Å²) in [4.78, 5) is 30.8. The zero-order valence-corrected chi connectivity index (χ0v) is 23.9. The number of nitrogens with one attached hydrogen (secondary N) is 2. The second-order valence-corrected chi connectivity index (χ2v) is 11.3. The van der Waals surface area contributed by atoms with Crippen molar-refractivity contribution >= 4 is 28.0 Å². The van der Waals surface area contributed by atoms with Crippen LogP contribution in [0.3, 0.4) is 0 Å². The van der Waals surface area contributed by atoms with E-state index in [2.05, 4.69) is 39.9 Å². The Bertz CT molecular complexity index is 1980. The van der Waals surface area contributed by atoms with E-state index in [1.807, 2.05) is 18.2 Å². The zero-order valence-electron chi connectivity index (χ0n) is 23.9. The number of anilines is 1. The highest BCUT2D eigenvalue weighted by Gasteiger charge is 2.25. The van der Waals surface area contributed by atoms with Gasteiger partial charge in [-0.1, -0.05) is 0 Å². The molecule has 0 spiro atoms. The summed E-state index contributed by atoms with van der Waals surface area (Å²) in [5, 5.41) is 8.23. The van der Waals surface area contributed by atoms with Crippen LogP contribution in [0, 0.1) is 5.82 Å². The highest BCUT2D eigenvalue weighted by molar-refractivity contribution is 5.96. The molecule has 6 aromatic rings. The van der Waals surface area contributed by atoms with E-state index in [0.717, 1.165) is 55.1 Å². The van der Waals surface area contributed by atoms with Gasteiger partial charge in [0.15, 0.2) is 17.1 Å². The molecular formula is C31H30FN11O. The summed E-state index contributed by atoms with van der Waals surface area (Å²) in [6.45, 7) is 5.03. The van der Waals surface area contributed by atoms with Gasteiger partial charge in [-0.05, 0) is 55.8 Å². The maximum atomic E-state index is 14.8. The van der Waals surface area contributed by atoms with Crippen molar-refractivity contribution in [3.63, 3.8) is 0 Å². The highest BCUT2D eigenvalue weighted by atomic mass is 19.1. The molecule has 222 valence electrons. The van der Waals surface area contributed by atoms with Crippen molar-refractivity contribution in [1.82, 2.24) is 45.0 Å². The molecule has 13 heteroatoms. The number of likely N-dealkylation sites (tertiary alicyclic amines) is 1. The first-order chi connectivity index (χ1) is 21.6. The Labute approximate surface area is 251 Å². The Kier molecular flexibility index (Phi) is 6.60. The number of fused-ring (bicyclic) bond motifs is 2. The fourth-order valence-electron chi connectivity index (χ4n) is 5.94. The maximum absolute atomic E-state index is 14.8. The van der Waals surface area contributed by atoms with Crippen LogP contribution >= 0.6 is 0 Å². The van der Waals surface area contributed by atoms with Crippen LogP contribution in [0.2, 0.25) is 0 Å². The molecule has 0 radical (unpaired) electrons. The summed E-state index contributed by atoms with van der Waals surface area (Å²) in [5.74, 6) is 1.44. The molecule has 2 fully saturated rings. The summed E-state index contributed by atoms with van der Waals surface area (Å²) in [5.41, 5.74) is 11.2. The van der Waals surface area contributed by atoms with Crippen LogP contribution in [-0.2, 0) is 0 Å². The second-order valence-electron chi connectivity index (χ2n) is 11.3. The third kappa shape index (κ3) is 4.99. The zero-order chi connectivity index (χ0) is 29.6. The third-order valence-corrected chi connectivity index (χ3v) is 8.25. The van der Waals surface area contributed by atoms with E-state index in [9.17, 15) is 4.39 Å². The number of nitrogens with zero attached hydrogens (tertiary/aromatic N) is 8. The molecule has 7 heterocycles. The number of pyridine rings is 2. The molecular weight excluding hydrogens is 561 g/mol. The predicted molar refractivity (Wildman–Crippen MR) is 165 cm³/mol. The van der Waals surface area contributed by atoms with Crippen molar-refractivity contribution in [2.24, 2.45) is 5.73 Å².